The van der Waals surface area contributed by atoms with Gasteiger partial charge in [0.15, 0.2) is 0 Å². The van der Waals surface area contributed by atoms with Crippen LogP contribution in [0.25, 0.3) is 0 Å². The Morgan fingerprint density at radius 2 is 2.21 bits per heavy atom. The number of rotatable bonds is 4. The number of amides is 1. The van der Waals surface area contributed by atoms with E-state index >= 15 is 0 Å². The molecule has 0 bridgehead atoms. The minimum atomic E-state index is -0.986. The van der Waals surface area contributed by atoms with Crippen LogP contribution in [0.5, 0.6) is 0 Å². The number of carbonyl (C=O) groups excluding carboxylic acids is 1. The highest BCUT2D eigenvalue weighted by Crippen LogP contribution is 2.30. The van der Waals surface area contributed by atoms with E-state index in [1.807, 2.05) is 25.2 Å². The van der Waals surface area contributed by atoms with Gasteiger partial charge >= 0.3 is 5.97 Å². The van der Waals surface area contributed by atoms with Gasteiger partial charge in [-0.05, 0) is 37.6 Å². The van der Waals surface area contributed by atoms with E-state index in [9.17, 15) is 9.59 Å². The molecule has 1 aliphatic rings. The first-order chi connectivity index (χ1) is 9.04. The van der Waals surface area contributed by atoms with E-state index in [2.05, 4.69) is 5.32 Å². The van der Waals surface area contributed by atoms with Crippen molar-refractivity contribution in [1.29, 1.82) is 0 Å². The van der Waals surface area contributed by atoms with Gasteiger partial charge in [-0.3, -0.25) is 9.69 Å². The van der Waals surface area contributed by atoms with Crippen LogP contribution in [0.3, 0.4) is 0 Å². The third kappa shape index (κ3) is 2.61. The van der Waals surface area contributed by atoms with Gasteiger partial charge in [0.2, 0.25) is 5.91 Å². The Bertz CT molecular complexity index is 513. The topological polar surface area (TPSA) is 69.6 Å². The number of fused-ring (bicyclic) bond motifs is 1. The lowest BCUT2D eigenvalue weighted by Gasteiger charge is -2.32. The number of nitrogens with zero attached hydrogens (tertiary/aromatic N) is 1. The van der Waals surface area contributed by atoms with Crippen LogP contribution in [-0.4, -0.2) is 30.1 Å². The summed E-state index contributed by atoms with van der Waals surface area (Å²) in [4.78, 5) is 24.5. The van der Waals surface area contributed by atoms with Gasteiger partial charge in [-0.25, -0.2) is 4.79 Å². The Labute approximate surface area is 112 Å². The SMILES string of the molecule is CNCc1ccc2c(c1)CCC(=O)N2C(C)C(=O)O. The number of hydrogen-bond donors (Lipinski definition) is 2. The standard InChI is InChI=1S/C14H18N2O3/c1-9(14(18)19)16-12-5-3-10(8-15-2)7-11(12)4-6-13(16)17/h3,5,7,9,15H,4,6,8H2,1-2H3,(H,18,19). The molecule has 1 unspecified atom stereocenters. The van der Waals surface area contributed by atoms with Gasteiger partial charge in [0.1, 0.15) is 6.04 Å². The second-order valence-corrected chi connectivity index (χ2v) is 4.77. The van der Waals surface area contributed by atoms with Crippen LogP contribution < -0.4 is 10.2 Å². The van der Waals surface area contributed by atoms with Crippen LogP contribution >= 0.6 is 0 Å². The fourth-order valence-electron chi connectivity index (χ4n) is 2.42. The van der Waals surface area contributed by atoms with Crippen molar-refractivity contribution in [2.45, 2.75) is 32.4 Å². The number of hydrogen-bond acceptors (Lipinski definition) is 3. The average Bonchev–Trinajstić information content (AvgIpc) is 2.38. The summed E-state index contributed by atoms with van der Waals surface area (Å²) in [7, 11) is 1.88. The van der Waals surface area contributed by atoms with E-state index in [0.717, 1.165) is 23.4 Å². The van der Waals surface area contributed by atoms with Crippen molar-refractivity contribution in [2.24, 2.45) is 0 Å². The molecule has 0 saturated heterocycles. The molecule has 0 radical (unpaired) electrons. The molecule has 1 heterocycles. The predicted octanol–water partition coefficient (Wildman–Crippen LogP) is 1.16. The van der Waals surface area contributed by atoms with Crippen molar-refractivity contribution >= 4 is 17.6 Å². The normalized spacial score (nSPS) is 16.1. The number of carbonyl (C=O) groups is 2. The van der Waals surface area contributed by atoms with Crippen LogP contribution in [0.2, 0.25) is 0 Å². The zero-order valence-corrected chi connectivity index (χ0v) is 11.1. The van der Waals surface area contributed by atoms with Gasteiger partial charge < -0.3 is 10.4 Å². The largest absolute Gasteiger partial charge is 0.480 e. The zero-order valence-electron chi connectivity index (χ0n) is 11.1. The zero-order chi connectivity index (χ0) is 14.0. The number of carboxylic acid groups (broad SMARTS) is 1. The summed E-state index contributed by atoms with van der Waals surface area (Å²) < 4.78 is 0. The van der Waals surface area contributed by atoms with E-state index < -0.39 is 12.0 Å². The predicted molar refractivity (Wildman–Crippen MR) is 72.1 cm³/mol. The monoisotopic (exact) mass is 262 g/mol. The number of aryl methyl sites for hydroxylation is 1. The maximum Gasteiger partial charge on any atom is 0.326 e. The molecular weight excluding hydrogens is 244 g/mol. The first-order valence-corrected chi connectivity index (χ1v) is 6.36. The minimum absolute atomic E-state index is 0.122. The summed E-state index contributed by atoms with van der Waals surface area (Å²) in [5.74, 6) is -1.11. The molecule has 0 fully saturated rings. The Morgan fingerprint density at radius 1 is 1.47 bits per heavy atom. The Morgan fingerprint density at radius 3 is 2.84 bits per heavy atom. The van der Waals surface area contributed by atoms with Crippen molar-refractivity contribution in [1.82, 2.24) is 5.32 Å². The first-order valence-electron chi connectivity index (χ1n) is 6.36. The van der Waals surface area contributed by atoms with Crippen LogP contribution in [0, 0.1) is 0 Å². The Balaban J connectivity index is 2.39. The smallest absolute Gasteiger partial charge is 0.326 e. The maximum atomic E-state index is 12.0. The molecule has 1 aliphatic heterocycles. The molecule has 1 aromatic rings. The van der Waals surface area contributed by atoms with Gasteiger partial charge in [-0.2, -0.15) is 0 Å². The van der Waals surface area contributed by atoms with Crippen LogP contribution in [-0.2, 0) is 22.6 Å². The third-order valence-corrected chi connectivity index (χ3v) is 3.41. The second kappa shape index (κ2) is 5.40. The Kier molecular flexibility index (Phi) is 3.85. The number of benzene rings is 1. The number of carboxylic acids is 1. The van der Waals surface area contributed by atoms with E-state index in [1.165, 1.54) is 11.8 Å². The number of anilines is 1. The highest BCUT2D eigenvalue weighted by molar-refractivity contribution is 6.01. The molecule has 5 nitrogen and oxygen atoms in total. The van der Waals surface area contributed by atoms with E-state index in [1.54, 1.807) is 0 Å². The fraction of sp³-hybridized carbons (Fsp3) is 0.429. The molecule has 0 aromatic heterocycles. The van der Waals surface area contributed by atoms with Crippen molar-refractivity contribution in [3.8, 4) is 0 Å². The summed E-state index contributed by atoms with van der Waals surface area (Å²) in [5, 5.41) is 12.2. The summed E-state index contributed by atoms with van der Waals surface area (Å²) >= 11 is 0. The van der Waals surface area contributed by atoms with Crippen molar-refractivity contribution in [2.75, 3.05) is 11.9 Å². The molecule has 1 amide bonds. The molecular formula is C14H18N2O3. The van der Waals surface area contributed by atoms with Gasteiger partial charge in [0, 0.05) is 18.7 Å². The molecule has 2 N–H and O–H groups in total. The van der Waals surface area contributed by atoms with Crippen molar-refractivity contribution < 1.29 is 14.7 Å². The number of nitrogens with one attached hydrogen (secondary N) is 1. The summed E-state index contributed by atoms with van der Waals surface area (Å²) in [5.41, 5.74) is 2.91. The average molecular weight is 262 g/mol. The molecule has 5 heteroatoms. The van der Waals surface area contributed by atoms with Gasteiger partial charge in [-0.15, -0.1) is 0 Å². The van der Waals surface area contributed by atoms with Crippen LogP contribution in [0.4, 0.5) is 5.69 Å². The first kappa shape index (κ1) is 13.5. The molecule has 1 atom stereocenters. The van der Waals surface area contributed by atoms with Gasteiger partial charge in [0.05, 0.1) is 0 Å². The minimum Gasteiger partial charge on any atom is -0.480 e. The molecule has 0 saturated carbocycles. The van der Waals surface area contributed by atoms with Crippen molar-refractivity contribution in [3.63, 3.8) is 0 Å². The summed E-state index contributed by atoms with van der Waals surface area (Å²) in [6, 6.07) is 4.98. The lowest BCUT2D eigenvalue weighted by molar-refractivity contribution is -0.139. The van der Waals surface area contributed by atoms with Gasteiger partial charge in [0.25, 0.3) is 0 Å². The lowest BCUT2D eigenvalue weighted by Crippen LogP contribution is -2.45. The molecule has 102 valence electrons. The third-order valence-electron chi connectivity index (χ3n) is 3.41. The quantitative estimate of drug-likeness (QED) is 0.854. The molecule has 1 aromatic carbocycles. The highest BCUT2D eigenvalue weighted by Gasteiger charge is 2.31. The van der Waals surface area contributed by atoms with Gasteiger partial charge in [-0.1, -0.05) is 12.1 Å². The molecule has 2 rings (SSSR count). The van der Waals surface area contributed by atoms with E-state index in [0.29, 0.717) is 12.8 Å². The maximum absolute atomic E-state index is 12.0. The van der Waals surface area contributed by atoms with Crippen LogP contribution in [0.1, 0.15) is 24.5 Å². The highest BCUT2D eigenvalue weighted by atomic mass is 16.4. The van der Waals surface area contributed by atoms with Crippen molar-refractivity contribution in [3.05, 3.63) is 29.3 Å². The molecule has 0 spiro atoms. The number of aliphatic carboxylic acids is 1. The summed E-state index contributed by atoms with van der Waals surface area (Å²) in [6.07, 6.45) is 1.04. The van der Waals surface area contributed by atoms with E-state index in [-0.39, 0.29) is 5.91 Å². The van der Waals surface area contributed by atoms with E-state index in [4.69, 9.17) is 5.11 Å². The second-order valence-electron chi connectivity index (χ2n) is 4.77. The Hall–Kier alpha value is -1.88. The summed E-state index contributed by atoms with van der Waals surface area (Å²) in [6.45, 7) is 2.30. The molecule has 0 aliphatic carbocycles. The van der Waals surface area contributed by atoms with Crippen LogP contribution in [0.15, 0.2) is 18.2 Å². The molecule has 19 heavy (non-hydrogen) atoms. The fourth-order valence-corrected chi connectivity index (χ4v) is 2.42. The lowest BCUT2D eigenvalue weighted by atomic mass is 9.97.